The second kappa shape index (κ2) is 5.40. The fourth-order valence-electron chi connectivity index (χ4n) is 1.85. The van der Waals surface area contributed by atoms with E-state index in [1.807, 2.05) is 6.07 Å². The topological polar surface area (TPSA) is 64.3 Å². The molecule has 0 aromatic heterocycles. The summed E-state index contributed by atoms with van der Waals surface area (Å²) in [5, 5.41) is 18.4. The Morgan fingerprint density at radius 3 is 2.83 bits per heavy atom. The summed E-state index contributed by atoms with van der Waals surface area (Å²) >= 11 is 3.24. The highest BCUT2D eigenvalue weighted by molar-refractivity contribution is 9.10. The summed E-state index contributed by atoms with van der Waals surface area (Å²) < 4.78 is 0.728. The minimum Gasteiger partial charge on any atom is -0.507 e. The summed E-state index contributed by atoms with van der Waals surface area (Å²) in [6.07, 6.45) is 2.28. The van der Waals surface area contributed by atoms with Crippen molar-refractivity contribution in [2.45, 2.75) is 25.3 Å². The van der Waals surface area contributed by atoms with Crippen LogP contribution in [0.5, 0.6) is 5.75 Å². The summed E-state index contributed by atoms with van der Waals surface area (Å²) in [7, 11) is 0. The van der Waals surface area contributed by atoms with Gasteiger partial charge in [0.2, 0.25) is 0 Å². The predicted molar refractivity (Wildman–Crippen MR) is 70.1 cm³/mol. The van der Waals surface area contributed by atoms with E-state index in [1.54, 1.807) is 17.0 Å². The Morgan fingerprint density at radius 1 is 1.56 bits per heavy atom. The van der Waals surface area contributed by atoms with Crippen molar-refractivity contribution in [3.63, 3.8) is 0 Å². The van der Waals surface area contributed by atoms with Crippen molar-refractivity contribution in [3.8, 4) is 11.8 Å². The molecule has 4 nitrogen and oxygen atoms in total. The lowest BCUT2D eigenvalue weighted by molar-refractivity contribution is 0.0744. The number of rotatable bonds is 4. The number of phenolic OH excluding ortho intramolecular Hbond substituents is 1. The largest absolute Gasteiger partial charge is 0.507 e. The zero-order valence-corrected chi connectivity index (χ0v) is 11.4. The summed E-state index contributed by atoms with van der Waals surface area (Å²) in [6.45, 7) is 0.426. The molecule has 5 heteroatoms. The van der Waals surface area contributed by atoms with Crippen LogP contribution in [0.3, 0.4) is 0 Å². The molecule has 0 aliphatic heterocycles. The van der Waals surface area contributed by atoms with Crippen LogP contribution in [0.1, 0.15) is 29.6 Å². The number of carbonyl (C=O) groups is 1. The monoisotopic (exact) mass is 308 g/mol. The van der Waals surface area contributed by atoms with Gasteiger partial charge in [-0.2, -0.15) is 5.26 Å². The number of hydrogen-bond donors (Lipinski definition) is 1. The quantitative estimate of drug-likeness (QED) is 0.930. The average Bonchev–Trinajstić information content (AvgIpc) is 3.13. The summed E-state index contributed by atoms with van der Waals surface area (Å²) in [5.74, 6) is -0.227. The van der Waals surface area contributed by atoms with Crippen molar-refractivity contribution in [1.82, 2.24) is 4.90 Å². The highest BCUT2D eigenvalue weighted by atomic mass is 79.9. The third kappa shape index (κ3) is 2.82. The first kappa shape index (κ1) is 12.9. The molecule has 0 spiro atoms. The molecule has 0 saturated heterocycles. The van der Waals surface area contributed by atoms with Crippen LogP contribution in [0.15, 0.2) is 22.7 Å². The van der Waals surface area contributed by atoms with E-state index in [0.29, 0.717) is 18.5 Å². The lowest BCUT2D eigenvalue weighted by Gasteiger charge is -2.21. The van der Waals surface area contributed by atoms with Gasteiger partial charge in [0.05, 0.1) is 18.1 Å². The van der Waals surface area contributed by atoms with Crippen LogP contribution in [0, 0.1) is 11.3 Å². The molecule has 1 aliphatic carbocycles. The zero-order chi connectivity index (χ0) is 13.1. The number of benzene rings is 1. The van der Waals surface area contributed by atoms with Crippen LogP contribution in [-0.2, 0) is 0 Å². The van der Waals surface area contributed by atoms with E-state index in [2.05, 4.69) is 15.9 Å². The van der Waals surface area contributed by atoms with E-state index in [4.69, 9.17) is 5.26 Å². The Hall–Kier alpha value is -1.54. The molecular weight excluding hydrogens is 296 g/mol. The van der Waals surface area contributed by atoms with Crippen LogP contribution < -0.4 is 0 Å². The van der Waals surface area contributed by atoms with Crippen LogP contribution in [0.4, 0.5) is 0 Å². The highest BCUT2D eigenvalue weighted by Gasteiger charge is 2.33. The Kier molecular flexibility index (Phi) is 3.87. The van der Waals surface area contributed by atoms with Crippen LogP contribution in [-0.4, -0.2) is 28.5 Å². The van der Waals surface area contributed by atoms with Gasteiger partial charge in [0.25, 0.3) is 5.91 Å². The van der Waals surface area contributed by atoms with E-state index in [0.717, 1.165) is 17.3 Å². The second-order valence-electron chi connectivity index (χ2n) is 4.30. The standard InChI is InChI=1S/C13H13BrN2O2/c14-9-2-5-11(12(17)8-9)13(18)16(7-1-6-15)10-3-4-10/h2,5,8,10,17H,1,3-4,7H2. The van der Waals surface area contributed by atoms with Crippen molar-refractivity contribution >= 4 is 21.8 Å². The Balaban J connectivity index is 2.19. The Labute approximate surface area is 114 Å². The fraction of sp³-hybridized carbons (Fsp3) is 0.385. The second-order valence-corrected chi connectivity index (χ2v) is 5.21. The third-order valence-electron chi connectivity index (χ3n) is 2.90. The van der Waals surface area contributed by atoms with Gasteiger partial charge < -0.3 is 10.0 Å². The summed E-state index contributed by atoms with van der Waals surface area (Å²) in [6, 6.07) is 7.11. The number of hydrogen-bond acceptors (Lipinski definition) is 3. The van der Waals surface area contributed by atoms with Crippen molar-refractivity contribution in [3.05, 3.63) is 28.2 Å². The molecule has 94 valence electrons. The molecule has 0 bridgehead atoms. The molecule has 2 rings (SSSR count). The first-order chi connectivity index (χ1) is 8.63. The van der Waals surface area contributed by atoms with Crippen molar-refractivity contribution in [1.29, 1.82) is 5.26 Å². The Morgan fingerprint density at radius 2 is 2.28 bits per heavy atom. The van der Waals surface area contributed by atoms with E-state index in [-0.39, 0.29) is 17.7 Å². The highest BCUT2D eigenvalue weighted by Crippen LogP contribution is 2.31. The summed E-state index contributed by atoms with van der Waals surface area (Å²) in [5.41, 5.74) is 0.294. The van der Waals surface area contributed by atoms with E-state index < -0.39 is 0 Å². The van der Waals surface area contributed by atoms with Gasteiger partial charge in [0, 0.05) is 17.1 Å². The van der Waals surface area contributed by atoms with Crippen LogP contribution in [0.2, 0.25) is 0 Å². The zero-order valence-electron chi connectivity index (χ0n) is 9.77. The normalized spacial score (nSPS) is 14.0. The lowest BCUT2D eigenvalue weighted by Crippen LogP contribution is -2.33. The molecule has 0 radical (unpaired) electrons. The predicted octanol–water partition coefficient (Wildman–Crippen LogP) is 2.67. The van der Waals surface area contributed by atoms with Gasteiger partial charge in [0.15, 0.2) is 0 Å². The van der Waals surface area contributed by atoms with Gasteiger partial charge >= 0.3 is 0 Å². The molecule has 18 heavy (non-hydrogen) atoms. The van der Waals surface area contributed by atoms with Gasteiger partial charge in [-0.05, 0) is 31.0 Å². The molecule has 1 aromatic carbocycles. The van der Waals surface area contributed by atoms with Crippen molar-refractivity contribution < 1.29 is 9.90 Å². The SMILES string of the molecule is N#CCCN(C(=O)c1ccc(Br)cc1O)C1CC1. The van der Waals surface area contributed by atoms with E-state index in [9.17, 15) is 9.90 Å². The molecule has 0 heterocycles. The van der Waals surface area contributed by atoms with Crippen LogP contribution >= 0.6 is 15.9 Å². The van der Waals surface area contributed by atoms with Crippen LogP contribution in [0.25, 0.3) is 0 Å². The molecule has 0 atom stereocenters. The summed E-state index contributed by atoms with van der Waals surface area (Å²) in [4.78, 5) is 14.0. The number of halogens is 1. The Bertz CT molecular complexity index is 506. The molecule has 1 fully saturated rings. The maximum atomic E-state index is 12.3. The van der Waals surface area contributed by atoms with Gasteiger partial charge in [-0.25, -0.2) is 0 Å². The smallest absolute Gasteiger partial charge is 0.257 e. The van der Waals surface area contributed by atoms with Crippen molar-refractivity contribution in [2.75, 3.05) is 6.54 Å². The molecule has 1 saturated carbocycles. The third-order valence-corrected chi connectivity index (χ3v) is 3.40. The number of carbonyl (C=O) groups excluding carboxylic acids is 1. The molecule has 1 N–H and O–H groups in total. The fourth-order valence-corrected chi connectivity index (χ4v) is 2.20. The lowest BCUT2D eigenvalue weighted by atomic mass is 10.1. The van der Waals surface area contributed by atoms with E-state index >= 15 is 0 Å². The minimum atomic E-state index is -0.197. The molecular formula is C13H13BrN2O2. The van der Waals surface area contributed by atoms with Crippen molar-refractivity contribution in [2.24, 2.45) is 0 Å². The van der Waals surface area contributed by atoms with Gasteiger partial charge in [-0.15, -0.1) is 0 Å². The number of nitrogens with zero attached hydrogens (tertiary/aromatic N) is 2. The number of phenols is 1. The van der Waals surface area contributed by atoms with Gasteiger partial charge in [-0.3, -0.25) is 4.79 Å². The first-order valence-corrected chi connectivity index (χ1v) is 6.59. The maximum absolute atomic E-state index is 12.3. The average molecular weight is 309 g/mol. The number of aromatic hydroxyl groups is 1. The maximum Gasteiger partial charge on any atom is 0.257 e. The van der Waals surface area contributed by atoms with Gasteiger partial charge in [0.1, 0.15) is 5.75 Å². The molecule has 1 aromatic rings. The number of amides is 1. The number of nitriles is 1. The molecule has 1 aliphatic rings. The minimum absolute atomic E-state index is 0.0306. The first-order valence-electron chi connectivity index (χ1n) is 5.80. The van der Waals surface area contributed by atoms with Gasteiger partial charge in [-0.1, -0.05) is 15.9 Å². The molecule has 1 amide bonds. The molecule has 0 unspecified atom stereocenters. The van der Waals surface area contributed by atoms with E-state index in [1.165, 1.54) is 6.07 Å².